The molecule has 0 bridgehead atoms. The van der Waals surface area contributed by atoms with Gasteiger partial charge in [-0.3, -0.25) is 0 Å². The summed E-state index contributed by atoms with van der Waals surface area (Å²) < 4.78 is 58.2. The van der Waals surface area contributed by atoms with Crippen molar-refractivity contribution < 1.29 is 27.3 Å². The predicted octanol–water partition coefficient (Wildman–Crippen LogP) is 3.90. The van der Waals surface area contributed by atoms with Gasteiger partial charge in [-0.25, -0.2) is 14.3 Å². The molecule has 154 valence electrons. The molecule has 1 aromatic carbocycles. The van der Waals surface area contributed by atoms with Gasteiger partial charge in [-0.1, -0.05) is 0 Å². The molecule has 3 N–H and O–H groups in total. The molecule has 2 aliphatic heterocycles. The molecule has 1 fully saturated rings. The average molecular weight is 425 g/mol. The van der Waals surface area contributed by atoms with Crippen molar-refractivity contribution in [2.24, 2.45) is 10.6 Å². The Bertz CT molecular complexity index is 1080. The van der Waals surface area contributed by atoms with Gasteiger partial charge >= 0.3 is 6.18 Å². The molecule has 1 aliphatic carbocycles. The second kappa shape index (κ2) is 6.74. The zero-order valence-corrected chi connectivity index (χ0v) is 16.2. The van der Waals surface area contributed by atoms with Gasteiger partial charge in [0.05, 0.1) is 10.6 Å². The summed E-state index contributed by atoms with van der Waals surface area (Å²) in [6.07, 6.45) is -2.76. The zero-order valence-electron chi connectivity index (χ0n) is 15.4. The molecule has 29 heavy (non-hydrogen) atoms. The minimum atomic E-state index is -4.33. The first-order chi connectivity index (χ1) is 13.6. The highest BCUT2D eigenvalue weighted by molar-refractivity contribution is 7.82. The van der Waals surface area contributed by atoms with Crippen LogP contribution in [0.4, 0.5) is 13.2 Å². The lowest BCUT2D eigenvalue weighted by Crippen LogP contribution is -2.30. The van der Waals surface area contributed by atoms with Crippen LogP contribution in [0, 0.1) is 12.3 Å². The monoisotopic (exact) mass is 425 g/mol. The molecule has 10 heteroatoms. The van der Waals surface area contributed by atoms with Crippen LogP contribution in [0.3, 0.4) is 0 Å². The third-order valence-electron chi connectivity index (χ3n) is 5.29. The Hall–Kier alpha value is -2.59. The van der Waals surface area contributed by atoms with Gasteiger partial charge in [0.1, 0.15) is 28.8 Å². The molecular formula is C19H18F3N3O3S. The topological polar surface area (TPSA) is 90.4 Å². The lowest BCUT2D eigenvalue weighted by atomic mass is 9.98. The van der Waals surface area contributed by atoms with E-state index in [1.807, 2.05) is 0 Å². The number of ether oxygens (including phenoxy) is 1. The quantitative estimate of drug-likeness (QED) is 0.607. The van der Waals surface area contributed by atoms with E-state index in [-0.39, 0.29) is 18.6 Å². The van der Waals surface area contributed by atoms with E-state index < -0.39 is 29.2 Å². The number of hydrogen-bond acceptors (Lipinski definition) is 4. The Morgan fingerprint density at radius 1 is 1.24 bits per heavy atom. The third kappa shape index (κ3) is 3.36. The Balaban J connectivity index is 1.80. The third-order valence-corrected chi connectivity index (χ3v) is 6.01. The van der Waals surface area contributed by atoms with Crippen LogP contribution < -0.4 is 9.88 Å². The first-order valence-electron chi connectivity index (χ1n) is 8.79. The van der Waals surface area contributed by atoms with Crippen molar-refractivity contribution in [2.75, 3.05) is 6.61 Å². The minimum absolute atomic E-state index is 0.0305. The van der Waals surface area contributed by atoms with Crippen LogP contribution in [0.2, 0.25) is 0 Å². The van der Waals surface area contributed by atoms with Crippen molar-refractivity contribution in [3.8, 4) is 28.3 Å². The summed E-state index contributed by atoms with van der Waals surface area (Å²) in [5.41, 5.74) is 0.225. The molecule has 4 rings (SSSR count). The number of aryl methyl sites for hydroxylation is 1. The fourth-order valence-electron chi connectivity index (χ4n) is 3.29. The first-order valence-corrected chi connectivity index (χ1v) is 10.0. The maximum Gasteiger partial charge on any atom is 0.397 e. The molecular weight excluding hydrogens is 407 g/mol. The van der Waals surface area contributed by atoms with Gasteiger partial charge < -0.3 is 9.94 Å². The van der Waals surface area contributed by atoms with Crippen LogP contribution >= 0.6 is 0 Å². The van der Waals surface area contributed by atoms with E-state index >= 15 is 0 Å². The smallest absolute Gasteiger partial charge is 0.397 e. The Labute approximate surface area is 167 Å². The van der Waals surface area contributed by atoms with Gasteiger partial charge in [0, 0.05) is 17.3 Å². The predicted molar refractivity (Wildman–Crippen MR) is 100 cm³/mol. The van der Waals surface area contributed by atoms with E-state index in [2.05, 4.69) is 4.98 Å². The highest BCUT2D eigenvalue weighted by Gasteiger charge is 2.63. The first kappa shape index (κ1) is 19.7. The Morgan fingerprint density at radius 3 is 2.59 bits per heavy atom. The van der Waals surface area contributed by atoms with Gasteiger partial charge in [-0.2, -0.15) is 17.9 Å². The highest BCUT2D eigenvalue weighted by atomic mass is 32.2. The SMILES string of the molecule is Cc1cc(-c2cc(S(N)=O)ccc2OCC2(C(F)(F)F)CC2)c2ccnc-2n1O. The van der Waals surface area contributed by atoms with Crippen LogP contribution in [0.5, 0.6) is 5.75 Å². The van der Waals surface area contributed by atoms with Gasteiger partial charge in [0.25, 0.3) is 0 Å². The molecule has 0 aromatic heterocycles. The van der Waals surface area contributed by atoms with E-state index in [9.17, 15) is 22.6 Å². The number of fused-ring (bicyclic) bond motifs is 1. The number of hydrogen-bond donors (Lipinski definition) is 2. The molecule has 0 amide bonds. The standard InChI is InChI=1S/C19H18F3N3O3S/c1-11-8-14(13-4-7-24-17(13)25(11)26)15-9-12(29(23)27)2-3-16(15)28-10-18(5-6-18)19(20,21)22/h2-4,7-9,26H,5-6,10,23H2,1H3. The molecule has 0 radical (unpaired) electrons. The second-order valence-corrected chi connectivity index (χ2v) is 8.28. The number of pyridine rings is 1. The summed E-state index contributed by atoms with van der Waals surface area (Å²) in [5.74, 6) is 0.506. The van der Waals surface area contributed by atoms with Gasteiger partial charge in [0.2, 0.25) is 0 Å². The van der Waals surface area contributed by atoms with Crippen molar-refractivity contribution in [2.45, 2.75) is 30.8 Å². The molecule has 1 saturated carbocycles. The normalized spacial score (nSPS) is 16.7. The molecule has 1 atom stereocenters. The number of alkyl halides is 3. The summed E-state index contributed by atoms with van der Waals surface area (Å²) in [4.78, 5) is 4.42. The Morgan fingerprint density at radius 2 is 1.97 bits per heavy atom. The van der Waals surface area contributed by atoms with Crippen molar-refractivity contribution in [1.82, 2.24) is 9.71 Å². The van der Waals surface area contributed by atoms with E-state index in [0.717, 1.165) is 4.73 Å². The largest absolute Gasteiger partial charge is 0.492 e. The summed E-state index contributed by atoms with van der Waals surface area (Å²) >= 11 is 0. The van der Waals surface area contributed by atoms with Gasteiger partial charge in [-0.15, -0.1) is 0 Å². The molecule has 0 saturated heterocycles. The molecule has 1 aromatic rings. The molecule has 1 unspecified atom stereocenters. The summed E-state index contributed by atoms with van der Waals surface area (Å²) in [7, 11) is -1.78. The van der Waals surface area contributed by atoms with Crippen molar-refractivity contribution >= 4 is 11.0 Å². The van der Waals surface area contributed by atoms with E-state index in [0.29, 0.717) is 33.1 Å². The lowest BCUT2D eigenvalue weighted by molar-refractivity contribution is -0.194. The zero-order chi connectivity index (χ0) is 21.0. The van der Waals surface area contributed by atoms with E-state index in [1.165, 1.54) is 24.4 Å². The number of benzene rings is 1. The number of nitrogens with two attached hydrogens (primary N) is 1. The van der Waals surface area contributed by atoms with Gasteiger partial charge in [-0.05, 0) is 55.7 Å². The van der Waals surface area contributed by atoms with Crippen molar-refractivity contribution in [3.05, 3.63) is 42.2 Å². The lowest BCUT2D eigenvalue weighted by Gasteiger charge is -2.22. The maximum absolute atomic E-state index is 13.3. The number of rotatable bonds is 5. The number of nitrogens with zero attached hydrogens (tertiary/aromatic N) is 2. The second-order valence-electron chi connectivity index (χ2n) is 7.22. The fraction of sp³-hybridized carbons (Fsp3) is 0.316. The molecule has 3 aliphatic rings. The van der Waals surface area contributed by atoms with E-state index in [4.69, 9.17) is 9.88 Å². The van der Waals surface area contributed by atoms with Crippen LogP contribution in [0.15, 0.2) is 41.4 Å². The van der Waals surface area contributed by atoms with Crippen LogP contribution in [0.1, 0.15) is 18.5 Å². The summed E-state index contributed by atoms with van der Waals surface area (Å²) in [5, 5.41) is 15.7. The number of halogens is 3. The van der Waals surface area contributed by atoms with Crippen molar-refractivity contribution in [1.29, 1.82) is 0 Å². The molecule has 0 spiro atoms. The van der Waals surface area contributed by atoms with Crippen molar-refractivity contribution in [3.63, 3.8) is 0 Å². The van der Waals surface area contributed by atoms with Crippen LogP contribution in [-0.4, -0.2) is 31.9 Å². The van der Waals surface area contributed by atoms with Gasteiger partial charge in [0.15, 0.2) is 5.82 Å². The fourth-order valence-corrected chi connectivity index (χ4v) is 3.73. The summed E-state index contributed by atoms with van der Waals surface area (Å²) in [6.45, 7) is 1.16. The van der Waals surface area contributed by atoms with Crippen LogP contribution in [0.25, 0.3) is 22.5 Å². The highest BCUT2D eigenvalue weighted by Crippen LogP contribution is 2.57. The molecule has 6 nitrogen and oxygen atoms in total. The average Bonchev–Trinajstić information content (AvgIpc) is 3.31. The number of aromatic nitrogens is 2. The molecule has 2 heterocycles. The maximum atomic E-state index is 13.3. The van der Waals surface area contributed by atoms with Crippen LogP contribution in [-0.2, 0) is 11.0 Å². The Kier molecular flexibility index (Phi) is 4.58. The summed E-state index contributed by atoms with van der Waals surface area (Å²) in [6, 6.07) is 7.79. The van der Waals surface area contributed by atoms with E-state index in [1.54, 1.807) is 19.1 Å². The minimum Gasteiger partial charge on any atom is -0.492 e.